The van der Waals surface area contributed by atoms with Gasteiger partial charge in [-0.15, -0.1) is 0 Å². The fraction of sp³-hybridized carbons (Fsp3) is 1.00. The van der Waals surface area contributed by atoms with Gasteiger partial charge in [-0.25, -0.2) is 0 Å². The van der Waals surface area contributed by atoms with E-state index in [2.05, 4.69) is 4.90 Å². The summed E-state index contributed by atoms with van der Waals surface area (Å²) in [4.78, 5) is 2.44. The summed E-state index contributed by atoms with van der Waals surface area (Å²) in [6.45, 7) is 3.13. The fourth-order valence-corrected chi connectivity index (χ4v) is 2.24. The van der Waals surface area contributed by atoms with E-state index in [1.807, 2.05) is 0 Å². The number of aliphatic hydroxyl groups excluding tert-OH is 1. The highest BCUT2D eigenvalue weighted by Crippen LogP contribution is 2.19. The van der Waals surface area contributed by atoms with Crippen LogP contribution in [0.2, 0.25) is 0 Å². The molecule has 3 N–H and O–H groups in total. The number of aliphatic hydroxyl groups is 1. The second-order valence-electron chi connectivity index (χ2n) is 4.24. The molecule has 0 spiro atoms. The number of nitrogens with zero attached hydrogens (tertiary/aromatic N) is 1. The molecule has 0 saturated carbocycles. The van der Waals surface area contributed by atoms with E-state index in [4.69, 9.17) is 15.6 Å². The lowest BCUT2D eigenvalue weighted by atomic mass is 9.99. The molecular formula is C11H24N2O2. The highest BCUT2D eigenvalue weighted by molar-refractivity contribution is 4.82. The summed E-state index contributed by atoms with van der Waals surface area (Å²) < 4.78 is 5.37. The molecule has 1 aliphatic rings. The van der Waals surface area contributed by atoms with Crippen LogP contribution in [0.1, 0.15) is 25.7 Å². The number of piperidine rings is 1. The van der Waals surface area contributed by atoms with Crippen molar-refractivity contribution >= 4 is 0 Å². The average Bonchev–Trinajstić information content (AvgIpc) is 2.29. The molecule has 0 amide bonds. The van der Waals surface area contributed by atoms with Crippen LogP contribution in [0.15, 0.2) is 0 Å². The second kappa shape index (κ2) is 7.17. The maximum atomic E-state index is 8.74. The Kier molecular flexibility index (Phi) is 6.17. The predicted octanol–water partition coefficient (Wildman–Crippen LogP) is 0.197. The maximum absolute atomic E-state index is 8.74. The Morgan fingerprint density at radius 1 is 1.47 bits per heavy atom. The monoisotopic (exact) mass is 216 g/mol. The molecule has 2 unspecified atom stereocenters. The van der Waals surface area contributed by atoms with Gasteiger partial charge in [0.25, 0.3) is 0 Å². The van der Waals surface area contributed by atoms with Gasteiger partial charge in [-0.05, 0) is 32.2 Å². The normalized spacial score (nSPS) is 28.2. The number of methoxy groups -OCH3 is 1. The van der Waals surface area contributed by atoms with Gasteiger partial charge >= 0.3 is 0 Å². The molecule has 0 radical (unpaired) electrons. The smallest absolute Gasteiger partial charge is 0.0599 e. The lowest BCUT2D eigenvalue weighted by Gasteiger charge is -2.38. The van der Waals surface area contributed by atoms with Gasteiger partial charge in [0.2, 0.25) is 0 Å². The van der Waals surface area contributed by atoms with Gasteiger partial charge < -0.3 is 15.6 Å². The number of unbranched alkanes of at least 4 members (excludes halogenated alkanes) is 1. The van der Waals surface area contributed by atoms with Crippen molar-refractivity contribution in [2.24, 2.45) is 5.73 Å². The number of ether oxygens (including phenoxy) is 1. The zero-order chi connectivity index (χ0) is 11.1. The molecule has 2 atom stereocenters. The van der Waals surface area contributed by atoms with Gasteiger partial charge in [-0.1, -0.05) is 0 Å². The van der Waals surface area contributed by atoms with E-state index in [0.29, 0.717) is 25.3 Å². The summed E-state index contributed by atoms with van der Waals surface area (Å²) in [7, 11) is 1.78. The first kappa shape index (κ1) is 12.9. The van der Waals surface area contributed by atoms with Crippen LogP contribution in [0.5, 0.6) is 0 Å². The first-order valence-electron chi connectivity index (χ1n) is 5.89. The van der Waals surface area contributed by atoms with Gasteiger partial charge in [-0.3, -0.25) is 4.90 Å². The van der Waals surface area contributed by atoms with Crippen LogP contribution < -0.4 is 5.73 Å². The Balaban J connectivity index is 2.30. The van der Waals surface area contributed by atoms with Gasteiger partial charge in [0.05, 0.1) is 6.10 Å². The summed E-state index contributed by atoms with van der Waals surface area (Å²) in [6.07, 6.45) is 4.48. The van der Waals surface area contributed by atoms with Crippen molar-refractivity contribution in [1.29, 1.82) is 0 Å². The molecule has 1 aliphatic heterocycles. The number of rotatable bonds is 6. The minimum Gasteiger partial charge on any atom is -0.396 e. The zero-order valence-electron chi connectivity index (χ0n) is 9.69. The van der Waals surface area contributed by atoms with E-state index < -0.39 is 0 Å². The van der Waals surface area contributed by atoms with Crippen molar-refractivity contribution in [3.63, 3.8) is 0 Å². The molecule has 4 heteroatoms. The summed E-state index contributed by atoms with van der Waals surface area (Å²) in [5.74, 6) is 0. The lowest BCUT2D eigenvalue weighted by molar-refractivity contribution is 0.0125. The first-order valence-corrected chi connectivity index (χ1v) is 5.89. The molecular weight excluding hydrogens is 192 g/mol. The molecule has 0 aromatic rings. The lowest BCUT2D eigenvalue weighted by Crippen LogP contribution is -2.48. The maximum Gasteiger partial charge on any atom is 0.0599 e. The Hall–Kier alpha value is -0.160. The van der Waals surface area contributed by atoms with Crippen LogP contribution in [0.3, 0.4) is 0 Å². The third kappa shape index (κ3) is 4.07. The Morgan fingerprint density at radius 3 is 2.87 bits per heavy atom. The zero-order valence-corrected chi connectivity index (χ0v) is 9.69. The van der Waals surface area contributed by atoms with Crippen LogP contribution >= 0.6 is 0 Å². The van der Waals surface area contributed by atoms with Crippen LogP contribution in [0.25, 0.3) is 0 Å². The molecule has 1 saturated heterocycles. The largest absolute Gasteiger partial charge is 0.396 e. The van der Waals surface area contributed by atoms with Crippen molar-refractivity contribution in [3.8, 4) is 0 Å². The van der Waals surface area contributed by atoms with Crippen LogP contribution in [0.4, 0.5) is 0 Å². The van der Waals surface area contributed by atoms with Gasteiger partial charge in [0.1, 0.15) is 0 Å². The molecule has 1 rings (SSSR count). The van der Waals surface area contributed by atoms with Crippen molar-refractivity contribution in [2.75, 3.05) is 33.4 Å². The highest BCUT2D eigenvalue weighted by atomic mass is 16.5. The van der Waals surface area contributed by atoms with E-state index in [9.17, 15) is 0 Å². The van der Waals surface area contributed by atoms with Crippen LogP contribution in [-0.4, -0.2) is 55.5 Å². The van der Waals surface area contributed by atoms with E-state index in [-0.39, 0.29) is 0 Å². The third-order valence-electron chi connectivity index (χ3n) is 3.25. The average molecular weight is 216 g/mol. The summed E-state index contributed by atoms with van der Waals surface area (Å²) in [6, 6.07) is 0.461. The Morgan fingerprint density at radius 2 is 2.27 bits per heavy atom. The highest BCUT2D eigenvalue weighted by Gasteiger charge is 2.26. The van der Waals surface area contributed by atoms with Crippen LogP contribution in [-0.2, 0) is 4.74 Å². The minimum atomic E-state index is 0.293. The second-order valence-corrected chi connectivity index (χ2v) is 4.24. The molecule has 0 aromatic heterocycles. The summed E-state index contributed by atoms with van der Waals surface area (Å²) >= 11 is 0. The summed E-state index contributed by atoms with van der Waals surface area (Å²) in [5.41, 5.74) is 5.77. The topological polar surface area (TPSA) is 58.7 Å². The molecule has 0 aromatic carbocycles. The van der Waals surface area contributed by atoms with Gasteiger partial charge in [0, 0.05) is 32.8 Å². The number of likely N-dealkylation sites (tertiary alicyclic amines) is 1. The van der Waals surface area contributed by atoms with Crippen LogP contribution in [0, 0.1) is 0 Å². The number of nitrogens with two attached hydrogens (primary N) is 1. The Bertz CT molecular complexity index is 165. The fourth-order valence-electron chi connectivity index (χ4n) is 2.24. The van der Waals surface area contributed by atoms with E-state index >= 15 is 0 Å². The number of hydrogen-bond donors (Lipinski definition) is 2. The van der Waals surface area contributed by atoms with E-state index in [0.717, 1.165) is 38.8 Å². The predicted molar refractivity (Wildman–Crippen MR) is 60.8 cm³/mol. The SMILES string of the molecule is COC1CCN(CCCCO)C(CN)C1. The molecule has 4 nitrogen and oxygen atoms in total. The molecule has 15 heavy (non-hydrogen) atoms. The van der Waals surface area contributed by atoms with Crippen molar-refractivity contribution in [1.82, 2.24) is 4.90 Å². The first-order chi connectivity index (χ1) is 7.31. The van der Waals surface area contributed by atoms with Crippen molar-refractivity contribution < 1.29 is 9.84 Å². The summed E-state index contributed by atoms with van der Waals surface area (Å²) in [5, 5.41) is 8.74. The van der Waals surface area contributed by atoms with Crippen molar-refractivity contribution in [3.05, 3.63) is 0 Å². The quantitative estimate of drug-likeness (QED) is 0.623. The van der Waals surface area contributed by atoms with E-state index in [1.54, 1.807) is 7.11 Å². The minimum absolute atomic E-state index is 0.293. The van der Waals surface area contributed by atoms with E-state index in [1.165, 1.54) is 0 Å². The van der Waals surface area contributed by atoms with Gasteiger partial charge in [0.15, 0.2) is 0 Å². The Labute approximate surface area is 92.4 Å². The molecule has 1 heterocycles. The third-order valence-corrected chi connectivity index (χ3v) is 3.25. The molecule has 1 fully saturated rings. The van der Waals surface area contributed by atoms with Crippen molar-refractivity contribution in [2.45, 2.75) is 37.8 Å². The number of hydrogen-bond acceptors (Lipinski definition) is 4. The van der Waals surface area contributed by atoms with Gasteiger partial charge in [-0.2, -0.15) is 0 Å². The standard InChI is InChI=1S/C11H24N2O2/c1-15-11-4-6-13(5-2-3-7-14)10(8-11)9-12/h10-11,14H,2-9,12H2,1H3. The molecule has 0 bridgehead atoms. The molecule has 0 aliphatic carbocycles. The molecule has 90 valence electrons.